The molecular weight excluding hydrogens is 425 g/mol. The first kappa shape index (κ1) is 20.6. The van der Waals surface area contributed by atoms with Gasteiger partial charge in [0.1, 0.15) is 26.0 Å². The number of benzene rings is 2. The van der Waals surface area contributed by atoms with Crippen LogP contribution in [0.1, 0.15) is 12.2 Å². The van der Waals surface area contributed by atoms with Gasteiger partial charge in [-0.25, -0.2) is 9.13 Å². The molecule has 0 saturated carbocycles. The van der Waals surface area contributed by atoms with Gasteiger partial charge in [0.05, 0.1) is 18.7 Å². The Kier molecular flexibility index (Phi) is 5.88. The maximum Gasteiger partial charge on any atom is 0.257 e. The molecule has 0 spiro atoms. The van der Waals surface area contributed by atoms with Gasteiger partial charge in [-0.1, -0.05) is 11.6 Å². The molecule has 0 fully saturated rings. The van der Waals surface area contributed by atoms with E-state index in [1.807, 2.05) is 35.0 Å². The first-order chi connectivity index (χ1) is 14.2. The minimum atomic E-state index is -0.199. The lowest BCUT2D eigenvalue weighted by molar-refractivity contribution is -0.693. The molecule has 0 amide bonds. The van der Waals surface area contributed by atoms with Gasteiger partial charge in [0, 0.05) is 22.6 Å². The molecule has 0 radical (unpaired) electrons. The number of aliphatic imine (C=N–C) groups is 1. The van der Waals surface area contributed by atoms with Crippen molar-refractivity contribution in [2.24, 2.45) is 4.99 Å². The molecule has 0 N–H and O–H groups in total. The number of fused-ring (bicyclic) bond motifs is 2. The number of aromatic nitrogens is 2. The van der Waals surface area contributed by atoms with Crippen LogP contribution < -0.4 is 19.1 Å². The maximum atomic E-state index is 12.7. The third-order valence-corrected chi connectivity index (χ3v) is 5.47. The van der Waals surface area contributed by atoms with Crippen molar-refractivity contribution >= 4 is 35.6 Å². The van der Waals surface area contributed by atoms with E-state index in [4.69, 9.17) is 21.1 Å². The second kappa shape index (κ2) is 8.58. The molecule has 6 nitrogen and oxygen atoms in total. The zero-order chi connectivity index (χ0) is 19.8. The Balaban J connectivity index is 0.00000218. The molecule has 2 aliphatic rings. The minimum absolute atomic E-state index is 0. The van der Waals surface area contributed by atoms with Crippen LogP contribution >= 0.6 is 24.0 Å². The number of rotatable bonds is 4. The Morgan fingerprint density at radius 3 is 2.67 bits per heavy atom. The second-order valence-electron chi connectivity index (χ2n) is 7.15. The van der Waals surface area contributed by atoms with Gasteiger partial charge >= 0.3 is 0 Å². The highest BCUT2D eigenvalue weighted by molar-refractivity contribution is 6.30. The number of nitrogens with zero attached hydrogens (tertiary/aromatic N) is 3. The average molecular weight is 446 g/mol. The van der Waals surface area contributed by atoms with Gasteiger partial charge in [-0.3, -0.25) is 4.99 Å². The summed E-state index contributed by atoms with van der Waals surface area (Å²) in [5.74, 6) is 2.28. The summed E-state index contributed by atoms with van der Waals surface area (Å²) in [6.07, 6.45) is 4.06. The van der Waals surface area contributed by atoms with E-state index in [0.29, 0.717) is 35.4 Å². The molecule has 156 valence electrons. The largest absolute Gasteiger partial charge is 0.859 e. The van der Waals surface area contributed by atoms with E-state index < -0.39 is 0 Å². The standard InChI is InChI=1S/C22H20ClN3O3.ClH/c23-16-5-3-15(4-6-16)18-13-25(22-2-1-9-26(18)22)14-21(27)24-17-7-8-19-20(12-17)29-11-10-28-19;/h3-8,12-13H,1-2,9-11,14H2;1H. The highest BCUT2D eigenvalue weighted by Gasteiger charge is 2.28. The first-order valence-electron chi connectivity index (χ1n) is 9.69. The molecule has 2 aliphatic heterocycles. The van der Waals surface area contributed by atoms with Crippen molar-refractivity contribution in [3.63, 3.8) is 0 Å². The van der Waals surface area contributed by atoms with Crippen molar-refractivity contribution in [2.75, 3.05) is 13.2 Å². The maximum absolute atomic E-state index is 12.7. The Morgan fingerprint density at radius 1 is 1.10 bits per heavy atom. The Bertz CT molecular complexity index is 1090. The van der Waals surface area contributed by atoms with E-state index >= 15 is 0 Å². The Labute approximate surface area is 185 Å². The van der Waals surface area contributed by atoms with Crippen LogP contribution in [0.25, 0.3) is 11.3 Å². The molecule has 30 heavy (non-hydrogen) atoms. The van der Waals surface area contributed by atoms with Crippen LogP contribution in [-0.2, 0) is 19.5 Å². The van der Waals surface area contributed by atoms with Crippen LogP contribution in [0.5, 0.6) is 11.5 Å². The SMILES string of the molecule is Cl.[O-]C(C[n+]1cc(-c2ccc(Cl)cc2)n2c1CCC2)=Nc1ccc2c(c1)OCCO2. The summed E-state index contributed by atoms with van der Waals surface area (Å²) < 4.78 is 15.4. The molecule has 3 aromatic rings. The van der Waals surface area contributed by atoms with Crippen LogP contribution in [0.4, 0.5) is 5.69 Å². The molecule has 0 atom stereocenters. The van der Waals surface area contributed by atoms with Crippen molar-refractivity contribution in [3.8, 4) is 22.8 Å². The Morgan fingerprint density at radius 2 is 1.87 bits per heavy atom. The van der Waals surface area contributed by atoms with E-state index in [0.717, 1.165) is 36.5 Å². The van der Waals surface area contributed by atoms with Crippen molar-refractivity contribution in [1.29, 1.82) is 0 Å². The summed E-state index contributed by atoms with van der Waals surface area (Å²) in [4.78, 5) is 4.26. The molecule has 0 unspecified atom stereocenters. The fraction of sp³-hybridized carbons (Fsp3) is 0.273. The summed E-state index contributed by atoms with van der Waals surface area (Å²) in [5.41, 5.74) is 2.77. The van der Waals surface area contributed by atoms with Crippen LogP contribution in [0.2, 0.25) is 5.02 Å². The summed E-state index contributed by atoms with van der Waals surface area (Å²) in [5, 5.41) is 13.4. The first-order valence-corrected chi connectivity index (χ1v) is 10.1. The lowest BCUT2D eigenvalue weighted by Crippen LogP contribution is -2.43. The van der Waals surface area contributed by atoms with Gasteiger partial charge in [-0.15, -0.1) is 12.4 Å². The Hall–Kier alpha value is -2.70. The number of imidazole rings is 1. The van der Waals surface area contributed by atoms with Gasteiger partial charge < -0.3 is 14.6 Å². The van der Waals surface area contributed by atoms with Crippen molar-refractivity contribution in [3.05, 3.63) is 59.5 Å². The van der Waals surface area contributed by atoms with E-state index in [1.54, 1.807) is 18.2 Å². The second-order valence-corrected chi connectivity index (χ2v) is 7.59. The van der Waals surface area contributed by atoms with E-state index in [9.17, 15) is 5.11 Å². The molecule has 0 saturated heterocycles. The summed E-state index contributed by atoms with van der Waals surface area (Å²) in [6, 6.07) is 13.1. The lowest BCUT2D eigenvalue weighted by atomic mass is 10.2. The number of hydrogen-bond donors (Lipinski definition) is 0. The van der Waals surface area contributed by atoms with Crippen molar-refractivity contribution in [2.45, 2.75) is 25.9 Å². The number of hydrogen-bond acceptors (Lipinski definition) is 4. The third-order valence-electron chi connectivity index (χ3n) is 5.22. The number of halogens is 2. The smallest absolute Gasteiger partial charge is 0.257 e. The predicted molar refractivity (Wildman–Crippen MR) is 115 cm³/mol. The normalized spacial score (nSPS) is 14.9. The van der Waals surface area contributed by atoms with Gasteiger partial charge in [-0.05, 0) is 42.8 Å². The van der Waals surface area contributed by atoms with E-state index in [2.05, 4.69) is 9.56 Å². The predicted octanol–water partition coefficient (Wildman–Crippen LogP) is 3.33. The fourth-order valence-corrected chi connectivity index (χ4v) is 4.05. The molecule has 8 heteroatoms. The quantitative estimate of drug-likeness (QED) is 0.351. The van der Waals surface area contributed by atoms with Crippen molar-refractivity contribution in [1.82, 2.24) is 4.57 Å². The zero-order valence-electron chi connectivity index (χ0n) is 16.2. The zero-order valence-corrected chi connectivity index (χ0v) is 17.8. The van der Waals surface area contributed by atoms with Gasteiger partial charge in [0.2, 0.25) is 0 Å². The molecule has 1 aromatic heterocycles. The van der Waals surface area contributed by atoms with E-state index in [-0.39, 0.29) is 24.8 Å². The molecule has 3 heterocycles. The summed E-state index contributed by atoms with van der Waals surface area (Å²) in [7, 11) is 0. The number of ether oxygens (including phenoxy) is 2. The molecule has 0 aliphatic carbocycles. The van der Waals surface area contributed by atoms with Gasteiger partial charge in [0.15, 0.2) is 17.2 Å². The van der Waals surface area contributed by atoms with Gasteiger partial charge in [0.25, 0.3) is 5.82 Å². The fourth-order valence-electron chi connectivity index (χ4n) is 3.92. The van der Waals surface area contributed by atoms with Crippen LogP contribution in [-0.4, -0.2) is 23.7 Å². The average Bonchev–Trinajstić information content (AvgIpc) is 3.33. The monoisotopic (exact) mass is 445 g/mol. The van der Waals surface area contributed by atoms with Crippen molar-refractivity contribution < 1.29 is 19.1 Å². The van der Waals surface area contributed by atoms with E-state index in [1.165, 1.54) is 0 Å². The molecular formula is C22H21Cl2N3O3. The third kappa shape index (κ3) is 3.98. The molecule has 5 rings (SSSR count). The van der Waals surface area contributed by atoms with Crippen LogP contribution in [0.3, 0.4) is 0 Å². The highest BCUT2D eigenvalue weighted by Crippen LogP contribution is 2.33. The summed E-state index contributed by atoms with van der Waals surface area (Å²) >= 11 is 6.03. The molecule has 0 bridgehead atoms. The summed E-state index contributed by atoms with van der Waals surface area (Å²) in [6.45, 7) is 2.20. The van der Waals surface area contributed by atoms with Gasteiger partial charge in [-0.2, -0.15) is 0 Å². The van der Waals surface area contributed by atoms with Crippen LogP contribution in [0.15, 0.2) is 53.7 Å². The topological polar surface area (TPSA) is 62.7 Å². The lowest BCUT2D eigenvalue weighted by Gasteiger charge is -2.18. The molecule has 2 aromatic carbocycles. The van der Waals surface area contributed by atoms with Crippen LogP contribution in [0, 0.1) is 0 Å². The highest BCUT2D eigenvalue weighted by atomic mass is 35.5. The minimum Gasteiger partial charge on any atom is -0.859 e.